The molecule has 0 atom stereocenters. The molecule has 1 aliphatic rings. The average Bonchev–Trinajstić information content (AvgIpc) is 2.37. The van der Waals surface area contributed by atoms with Gasteiger partial charge < -0.3 is 9.84 Å². The number of rotatable bonds is 1. The van der Waals surface area contributed by atoms with E-state index in [1.54, 1.807) is 12.3 Å². The number of fused-ring (bicyclic) bond motifs is 1. The summed E-state index contributed by atoms with van der Waals surface area (Å²) in [4.78, 5) is 16.3. The average molecular weight is 270 g/mol. The Hall–Kier alpha value is -2.56. The zero-order valence-electron chi connectivity index (χ0n) is 11.2. The van der Waals surface area contributed by atoms with E-state index in [1.807, 2.05) is 26.0 Å². The molecule has 102 valence electrons. The molecule has 3 rings (SSSR count). The van der Waals surface area contributed by atoms with Crippen molar-refractivity contribution >= 4 is 5.70 Å². The molecule has 3 heterocycles. The molecule has 0 unspecified atom stereocenters. The molecule has 2 aromatic heterocycles. The van der Waals surface area contributed by atoms with E-state index >= 15 is 0 Å². The quantitative estimate of drug-likeness (QED) is 0.861. The Morgan fingerprint density at radius 3 is 2.90 bits per heavy atom. The number of pyridine rings is 2. The number of hydrogen-bond acceptors (Lipinski definition) is 4. The molecule has 0 saturated carbocycles. The van der Waals surface area contributed by atoms with Crippen molar-refractivity contribution in [2.75, 3.05) is 0 Å². The van der Waals surface area contributed by atoms with Gasteiger partial charge in [0.2, 0.25) is 0 Å². The predicted octanol–water partition coefficient (Wildman–Crippen LogP) is 2.01. The molecule has 0 amide bonds. The lowest BCUT2D eigenvalue weighted by Gasteiger charge is -2.30. The highest BCUT2D eigenvalue weighted by atomic mass is 16.5. The van der Waals surface area contributed by atoms with Crippen LogP contribution < -0.4 is 10.3 Å². The van der Waals surface area contributed by atoms with E-state index < -0.39 is 5.60 Å². The van der Waals surface area contributed by atoms with Crippen LogP contribution in [0.2, 0.25) is 0 Å². The van der Waals surface area contributed by atoms with Gasteiger partial charge in [0.25, 0.3) is 5.56 Å². The van der Waals surface area contributed by atoms with E-state index in [9.17, 15) is 9.90 Å². The molecule has 1 N–H and O–H groups in total. The Morgan fingerprint density at radius 2 is 2.15 bits per heavy atom. The Morgan fingerprint density at radius 1 is 1.35 bits per heavy atom. The van der Waals surface area contributed by atoms with Crippen LogP contribution in [-0.4, -0.2) is 20.3 Å². The van der Waals surface area contributed by atoms with Crippen LogP contribution in [0.4, 0.5) is 0 Å². The Balaban J connectivity index is 2.25. The second kappa shape index (κ2) is 4.23. The fourth-order valence-electron chi connectivity index (χ4n) is 2.23. The van der Waals surface area contributed by atoms with Gasteiger partial charge in [0.05, 0.1) is 5.70 Å². The summed E-state index contributed by atoms with van der Waals surface area (Å²) in [5.74, 6) is 0.578. The van der Waals surface area contributed by atoms with Gasteiger partial charge in [-0.3, -0.25) is 14.3 Å². The zero-order valence-corrected chi connectivity index (χ0v) is 11.2. The topological polar surface area (TPSA) is 64.4 Å². The highest BCUT2D eigenvalue weighted by Gasteiger charge is 2.28. The third-order valence-corrected chi connectivity index (χ3v) is 3.03. The van der Waals surface area contributed by atoms with E-state index in [0.29, 0.717) is 17.1 Å². The van der Waals surface area contributed by atoms with Gasteiger partial charge in [-0.25, -0.2) is 0 Å². The lowest BCUT2D eigenvalue weighted by molar-refractivity contribution is 0.156. The number of aromatic nitrogens is 2. The molecule has 0 aliphatic carbocycles. The minimum atomic E-state index is -0.539. The first-order valence-corrected chi connectivity index (χ1v) is 6.26. The van der Waals surface area contributed by atoms with E-state index in [-0.39, 0.29) is 11.3 Å². The van der Waals surface area contributed by atoms with Gasteiger partial charge in [0, 0.05) is 18.5 Å². The number of aromatic hydroxyl groups is 1. The number of nitrogens with zero attached hydrogens (tertiary/aromatic N) is 2. The van der Waals surface area contributed by atoms with E-state index in [4.69, 9.17) is 4.74 Å². The maximum Gasteiger partial charge on any atom is 0.258 e. The monoisotopic (exact) mass is 270 g/mol. The summed E-state index contributed by atoms with van der Waals surface area (Å²) in [6, 6.07) is 6.25. The molecule has 0 saturated heterocycles. The lowest BCUT2D eigenvalue weighted by Crippen LogP contribution is -2.32. The Labute approximate surface area is 115 Å². The van der Waals surface area contributed by atoms with Gasteiger partial charge in [0.15, 0.2) is 0 Å². The van der Waals surface area contributed by atoms with Crippen molar-refractivity contribution in [2.24, 2.45) is 0 Å². The summed E-state index contributed by atoms with van der Waals surface area (Å²) < 4.78 is 7.29. The molecule has 5 nitrogen and oxygen atoms in total. The summed E-state index contributed by atoms with van der Waals surface area (Å²) in [5, 5.41) is 9.36. The summed E-state index contributed by atoms with van der Waals surface area (Å²) in [6.45, 7) is 3.82. The summed E-state index contributed by atoms with van der Waals surface area (Å²) in [6.07, 6.45) is 5.03. The van der Waals surface area contributed by atoms with Gasteiger partial charge in [-0.15, -0.1) is 0 Å². The first-order valence-electron chi connectivity index (χ1n) is 6.26. The summed E-state index contributed by atoms with van der Waals surface area (Å²) in [7, 11) is 0. The van der Waals surface area contributed by atoms with Gasteiger partial charge >= 0.3 is 0 Å². The molecule has 0 spiro atoms. The van der Waals surface area contributed by atoms with E-state index in [1.165, 1.54) is 22.9 Å². The third-order valence-electron chi connectivity index (χ3n) is 3.03. The standard InChI is InChI=1S/C15H14N2O3/c1-15(2)9-11(14-12(20-15)4-3-6-16-14)17-7-5-10(18)8-13(17)19/h3-9,18H,1-2H3. The van der Waals surface area contributed by atoms with Gasteiger partial charge in [-0.2, -0.15) is 0 Å². The van der Waals surface area contributed by atoms with Crippen LogP contribution in [0, 0.1) is 0 Å². The van der Waals surface area contributed by atoms with Gasteiger partial charge in [-0.05, 0) is 38.1 Å². The highest BCUT2D eigenvalue weighted by molar-refractivity contribution is 5.70. The van der Waals surface area contributed by atoms with Crippen LogP contribution in [-0.2, 0) is 0 Å². The number of hydrogen-bond donors (Lipinski definition) is 1. The molecule has 20 heavy (non-hydrogen) atoms. The van der Waals surface area contributed by atoms with Crippen LogP contribution in [0.1, 0.15) is 19.5 Å². The van der Waals surface area contributed by atoms with Gasteiger partial charge in [0.1, 0.15) is 22.8 Å². The van der Waals surface area contributed by atoms with E-state index in [0.717, 1.165) is 0 Å². The molecular formula is C15H14N2O3. The minimum Gasteiger partial charge on any atom is -0.508 e. The first kappa shape index (κ1) is 12.5. The minimum absolute atomic E-state index is 0.0561. The molecular weight excluding hydrogens is 256 g/mol. The van der Waals surface area contributed by atoms with Crippen molar-refractivity contribution in [3.8, 4) is 11.5 Å². The largest absolute Gasteiger partial charge is 0.508 e. The normalized spacial score (nSPS) is 16.0. The number of ether oxygens (including phenoxy) is 1. The first-order chi connectivity index (χ1) is 9.46. The third kappa shape index (κ3) is 2.07. The van der Waals surface area contributed by atoms with Crippen molar-refractivity contribution < 1.29 is 9.84 Å². The van der Waals surface area contributed by atoms with Crippen LogP contribution in [0.5, 0.6) is 11.5 Å². The van der Waals surface area contributed by atoms with Crippen molar-refractivity contribution in [3.05, 3.63) is 58.8 Å². The fourth-order valence-corrected chi connectivity index (χ4v) is 2.23. The molecule has 0 fully saturated rings. The molecule has 5 heteroatoms. The second-order valence-electron chi connectivity index (χ2n) is 5.18. The smallest absolute Gasteiger partial charge is 0.258 e. The molecule has 0 radical (unpaired) electrons. The Bertz CT molecular complexity index is 760. The Kier molecular flexibility index (Phi) is 2.64. The highest BCUT2D eigenvalue weighted by Crippen LogP contribution is 2.34. The predicted molar refractivity (Wildman–Crippen MR) is 74.7 cm³/mol. The van der Waals surface area contributed by atoms with E-state index in [2.05, 4.69) is 4.98 Å². The van der Waals surface area contributed by atoms with Crippen molar-refractivity contribution in [1.82, 2.24) is 9.55 Å². The van der Waals surface area contributed by atoms with Crippen LogP contribution in [0.15, 0.2) is 47.5 Å². The van der Waals surface area contributed by atoms with Crippen LogP contribution in [0.25, 0.3) is 5.70 Å². The van der Waals surface area contributed by atoms with Crippen molar-refractivity contribution in [1.29, 1.82) is 0 Å². The summed E-state index contributed by atoms with van der Waals surface area (Å²) in [5.41, 5.74) is 0.412. The molecule has 1 aliphatic heterocycles. The summed E-state index contributed by atoms with van der Waals surface area (Å²) >= 11 is 0. The van der Waals surface area contributed by atoms with Crippen molar-refractivity contribution in [2.45, 2.75) is 19.4 Å². The second-order valence-corrected chi connectivity index (χ2v) is 5.18. The zero-order chi connectivity index (χ0) is 14.3. The van der Waals surface area contributed by atoms with Gasteiger partial charge in [-0.1, -0.05) is 0 Å². The van der Waals surface area contributed by atoms with Crippen LogP contribution >= 0.6 is 0 Å². The van der Waals surface area contributed by atoms with Crippen molar-refractivity contribution in [3.63, 3.8) is 0 Å². The fraction of sp³-hybridized carbons (Fsp3) is 0.200. The molecule has 2 aromatic rings. The maximum atomic E-state index is 12.1. The lowest BCUT2D eigenvalue weighted by atomic mass is 10.0. The SMILES string of the molecule is CC1(C)C=C(n2ccc(O)cc2=O)c2ncccc2O1. The van der Waals surface area contributed by atoms with Crippen LogP contribution in [0.3, 0.4) is 0 Å². The molecule has 0 aromatic carbocycles. The molecule has 0 bridgehead atoms. The maximum absolute atomic E-state index is 12.1.